The minimum Gasteiger partial charge on any atom is -0.383 e. The Morgan fingerprint density at radius 2 is 2.00 bits per heavy atom. The predicted molar refractivity (Wildman–Crippen MR) is 72.4 cm³/mol. The topological polar surface area (TPSA) is 41.6 Å². The Bertz CT molecular complexity index is 352. The van der Waals surface area contributed by atoms with Gasteiger partial charge in [0.2, 0.25) is 5.91 Å². The summed E-state index contributed by atoms with van der Waals surface area (Å²) >= 11 is 0. The van der Waals surface area contributed by atoms with E-state index in [1.165, 1.54) is 5.56 Å². The van der Waals surface area contributed by atoms with Crippen LogP contribution in [0.1, 0.15) is 18.0 Å². The van der Waals surface area contributed by atoms with Gasteiger partial charge in [-0.05, 0) is 5.56 Å². The zero-order chi connectivity index (χ0) is 13.4. The molecule has 1 N–H and O–H groups in total. The molecule has 1 rings (SSSR count). The largest absolute Gasteiger partial charge is 0.383 e. The Labute approximate surface area is 109 Å². The SMILES string of the molecule is COCC(NCCC(=O)N(C)C)c1ccccc1. The van der Waals surface area contributed by atoms with Crippen LogP contribution in [0.25, 0.3) is 0 Å². The van der Waals surface area contributed by atoms with Gasteiger partial charge in [-0.25, -0.2) is 0 Å². The van der Waals surface area contributed by atoms with E-state index < -0.39 is 0 Å². The first kappa shape index (κ1) is 14.7. The molecule has 0 radical (unpaired) electrons. The van der Waals surface area contributed by atoms with Crippen LogP contribution in [0.4, 0.5) is 0 Å². The number of methoxy groups -OCH3 is 1. The van der Waals surface area contributed by atoms with Gasteiger partial charge in [0.05, 0.1) is 12.6 Å². The van der Waals surface area contributed by atoms with Gasteiger partial charge in [0, 0.05) is 34.2 Å². The zero-order valence-corrected chi connectivity index (χ0v) is 11.3. The van der Waals surface area contributed by atoms with E-state index in [0.29, 0.717) is 19.6 Å². The standard InChI is InChI=1S/C14H22N2O2/c1-16(2)14(17)9-10-15-13(11-18-3)12-7-5-4-6-8-12/h4-8,13,15H,9-11H2,1-3H3. The fourth-order valence-corrected chi connectivity index (χ4v) is 1.70. The van der Waals surface area contributed by atoms with Gasteiger partial charge in [0.25, 0.3) is 0 Å². The van der Waals surface area contributed by atoms with Crippen molar-refractivity contribution in [2.24, 2.45) is 0 Å². The number of nitrogens with one attached hydrogen (secondary N) is 1. The summed E-state index contributed by atoms with van der Waals surface area (Å²) in [5, 5.41) is 3.35. The Kier molecular flexibility index (Phi) is 6.39. The Morgan fingerprint density at radius 3 is 2.56 bits per heavy atom. The number of carbonyl (C=O) groups is 1. The molecule has 0 saturated carbocycles. The molecule has 0 aromatic heterocycles. The van der Waals surface area contributed by atoms with Crippen LogP contribution in [-0.4, -0.2) is 45.2 Å². The fourth-order valence-electron chi connectivity index (χ4n) is 1.70. The molecule has 1 aromatic rings. The van der Waals surface area contributed by atoms with Crippen LogP contribution in [0.2, 0.25) is 0 Å². The molecule has 0 fully saturated rings. The molecule has 100 valence electrons. The summed E-state index contributed by atoms with van der Waals surface area (Å²) in [6.45, 7) is 1.25. The molecule has 0 bridgehead atoms. The lowest BCUT2D eigenvalue weighted by atomic mass is 10.1. The molecule has 1 amide bonds. The second-order valence-corrected chi connectivity index (χ2v) is 4.41. The van der Waals surface area contributed by atoms with Gasteiger partial charge >= 0.3 is 0 Å². The van der Waals surface area contributed by atoms with Gasteiger partial charge in [-0.15, -0.1) is 0 Å². The third-order valence-electron chi connectivity index (χ3n) is 2.76. The lowest BCUT2D eigenvalue weighted by molar-refractivity contribution is -0.128. The Morgan fingerprint density at radius 1 is 1.33 bits per heavy atom. The first-order chi connectivity index (χ1) is 8.65. The molecule has 0 aliphatic heterocycles. The zero-order valence-electron chi connectivity index (χ0n) is 11.3. The van der Waals surface area contributed by atoms with E-state index in [2.05, 4.69) is 17.4 Å². The number of nitrogens with zero attached hydrogens (tertiary/aromatic N) is 1. The summed E-state index contributed by atoms with van der Waals surface area (Å²) in [5.74, 6) is 0.131. The van der Waals surface area contributed by atoms with E-state index in [1.807, 2.05) is 18.2 Å². The summed E-state index contributed by atoms with van der Waals surface area (Å²) in [6.07, 6.45) is 0.500. The van der Waals surface area contributed by atoms with Gasteiger partial charge in [0.1, 0.15) is 0 Å². The summed E-state index contributed by atoms with van der Waals surface area (Å²) < 4.78 is 5.21. The molecule has 1 unspecified atom stereocenters. The first-order valence-electron chi connectivity index (χ1n) is 6.12. The number of ether oxygens (including phenoxy) is 1. The van der Waals surface area contributed by atoms with Crippen LogP contribution in [0.5, 0.6) is 0 Å². The average Bonchev–Trinajstić information content (AvgIpc) is 2.38. The average molecular weight is 250 g/mol. The van der Waals surface area contributed by atoms with Crippen molar-refractivity contribution >= 4 is 5.91 Å². The van der Waals surface area contributed by atoms with Gasteiger partial charge in [-0.1, -0.05) is 30.3 Å². The van der Waals surface area contributed by atoms with Gasteiger partial charge in [-0.3, -0.25) is 4.79 Å². The summed E-state index contributed by atoms with van der Waals surface area (Å²) in [4.78, 5) is 13.1. The molecular formula is C14H22N2O2. The normalized spacial score (nSPS) is 12.2. The number of hydrogen-bond donors (Lipinski definition) is 1. The van der Waals surface area contributed by atoms with E-state index in [4.69, 9.17) is 4.74 Å². The molecule has 18 heavy (non-hydrogen) atoms. The molecule has 4 nitrogen and oxygen atoms in total. The maximum Gasteiger partial charge on any atom is 0.223 e. The lowest BCUT2D eigenvalue weighted by Gasteiger charge is -2.19. The van der Waals surface area contributed by atoms with Gasteiger partial charge in [-0.2, -0.15) is 0 Å². The van der Waals surface area contributed by atoms with E-state index >= 15 is 0 Å². The van der Waals surface area contributed by atoms with Gasteiger partial charge in [0.15, 0.2) is 0 Å². The monoisotopic (exact) mass is 250 g/mol. The molecule has 0 aliphatic carbocycles. The maximum atomic E-state index is 11.5. The summed E-state index contributed by atoms with van der Waals surface area (Å²) in [6, 6.07) is 10.2. The van der Waals surface area contributed by atoms with Crippen LogP contribution >= 0.6 is 0 Å². The Balaban J connectivity index is 2.47. The van der Waals surface area contributed by atoms with Crippen molar-refractivity contribution in [3.63, 3.8) is 0 Å². The smallest absolute Gasteiger partial charge is 0.223 e. The first-order valence-corrected chi connectivity index (χ1v) is 6.12. The van der Waals surface area contributed by atoms with E-state index in [-0.39, 0.29) is 11.9 Å². The molecule has 1 atom stereocenters. The quantitative estimate of drug-likeness (QED) is 0.796. The van der Waals surface area contributed by atoms with Crippen molar-refractivity contribution < 1.29 is 9.53 Å². The van der Waals surface area contributed by atoms with Crippen LogP contribution in [-0.2, 0) is 9.53 Å². The van der Waals surface area contributed by atoms with E-state index in [1.54, 1.807) is 26.1 Å². The van der Waals surface area contributed by atoms with E-state index in [9.17, 15) is 4.79 Å². The minimum absolute atomic E-state index is 0.131. The highest BCUT2D eigenvalue weighted by atomic mass is 16.5. The van der Waals surface area contributed by atoms with Crippen molar-refractivity contribution in [3.05, 3.63) is 35.9 Å². The summed E-state index contributed by atoms with van der Waals surface area (Å²) in [7, 11) is 5.22. The highest BCUT2D eigenvalue weighted by Gasteiger charge is 2.11. The number of carbonyl (C=O) groups excluding carboxylic acids is 1. The van der Waals surface area contributed by atoms with Crippen molar-refractivity contribution in [3.8, 4) is 0 Å². The lowest BCUT2D eigenvalue weighted by Crippen LogP contribution is -2.30. The number of rotatable bonds is 7. The molecule has 4 heteroatoms. The van der Waals surface area contributed by atoms with Crippen molar-refractivity contribution in [2.45, 2.75) is 12.5 Å². The van der Waals surface area contributed by atoms with Crippen molar-refractivity contribution in [1.82, 2.24) is 10.2 Å². The predicted octanol–water partition coefficient (Wildman–Crippen LogP) is 1.44. The number of benzene rings is 1. The number of hydrogen-bond acceptors (Lipinski definition) is 3. The highest BCUT2D eigenvalue weighted by molar-refractivity contribution is 5.75. The molecule has 0 heterocycles. The molecule has 0 spiro atoms. The highest BCUT2D eigenvalue weighted by Crippen LogP contribution is 2.12. The van der Waals surface area contributed by atoms with E-state index in [0.717, 1.165) is 0 Å². The fraction of sp³-hybridized carbons (Fsp3) is 0.500. The molecule has 0 saturated heterocycles. The van der Waals surface area contributed by atoms with Crippen LogP contribution < -0.4 is 5.32 Å². The maximum absolute atomic E-state index is 11.5. The van der Waals surface area contributed by atoms with Crippen molar-refractivity contribution in [1.29, 1.82) is 0 Å². The third-order valence-corrected chi connectivity index (χ3v) is 2.76. The summed E-state index contributed by atoms with van der Waals surface area (Å²) in [5.41, 5.74) is 1.18. The van der Waals surface area contributed by atoms with Crippen LogP contribution in [0.3, 0.4) is 0 Å². The van der Waals surface area contributed by atoms with Crippen LogP contribution in [0, 0.1) is 0 Å². The second kappa shape index (κ2) is 7.84. The van der Waals surface area contributed by atoms with Crippen molar-refractivity contribution in [2.75, 3.05) is 34.4 Å². The molecule has 1 aromatic carbocycles. The molecular weight excluding hydrogens is 228 g/mol. The molecule has 0 aliphatic rings. The van der Waals surface area contributed by atoms with Crippen LogP contribution in [0.15, 0.2) is 30.3 Å². The number of amides is 1. The minimum atomic E-state index is 0.131. The van der Waals surface area contributed by atoms with Gasteiger partial charge < -0.3 is 15.0 Å². The Hall–Kier alpha value is -1.39. The second-order valence-electron chi connectivity index (χ2n) is 4.41. The third kappa shape index (κ3) is 4.85.